The average Bonchev–Trinajstić information content (AvgIpc) is 3.32. The summed E-state index contributed by atoms with van der Waals surface area (Å²) in [6.45, 7) is 14.2. The Morgan fingerprint density at radius 3 is 2.09 bits per heavy atom. The summed E-state index contributed by atoms with van der Waals surface area (Å²) >= 11 is 3.61. The van der Waals surface area contributed by atoms with E-state index in [-0.39, 0.29) is 17.7 Å². The molecule has 17 heteroatoms. The molecule has 4 saturated heterocycles. The van der Waals surface area contributed by atoms with Crippen molar-refractivity contribution in [3.8, 4) is 5.75 Å². The maximum atomic E-state index is 13.5. The van der Waals surface area contributed by atoms with Crippen molar-refractivity contribution in [1.29, 1.82) is 0 Å². The fraction of sp³-hybridized carbons (Fsp3) is 0.458. The Morgan fingerprint density at radius 2 is 1.46 bits per heavy atom. The number of carbonyl (C=O) groups excluding carboxylic acids is 2. The third-order valence-corrected chi connectivity index (χ3v) is 15.8. The molecule has 2 aromatic heterocycles. The number of hydrogen-bond donors (Lipinski definition) is 3. The molecule has 4 fully saturated rings. The summed E-state index contributed by atoms with van der Waals surface area (Å²) in [5.74, 6) is 1.04. The Balaban J connectivity index is 0.780. The zero-order chi connectivity index (χ0) is 45.2. The van der Waals surface area contributed by atoms with Crippen LogP contribution >= 0.6 is 23.1 Å². The van der Waals surface area contributed by atoms with E-state index in [2.05, 4.69) is 110 Å². The van der Waals surface area contributed by atoms with Crippen LogP contribution in [0.2, 0.25) is 0 Å². The van der Waals surface area contributed by atoms with E-state index < -0.39 is 7.14 Å². The van der Waals surface area contributed by atoms with Crippen LogP contribution in [-0.4, -0.2) is 126 Å². The molecule has 9 rings (SSSR count). The number of amides is 2. The monoisotopic (exact) mass is 963 g/mol. The van der Waals surface area contributed by atoms with Gasteiger partial charge in [0.15, 0.2) is 0 Å². The summed E-state index contributed by atoms with van der Waals surface area (Å²) in [7, 11) is -1.07. The Hall–Kier alpha value is -5.15. The van der Waals surface area contributed by atoms with Gasteiger partial charge in [-0.2, -0.15) is 4.98 Å². The molecule has 15 nitrogen and oxygen atoms in total. The van der Waals surface area contributed by atoms with E-state index in [9.17, 15) is 14.2 Å². The number of hydrogen-bond acceptors (Lipinski definition) is 14. The largest absolute Gasteiger partial charge is 0.494 e. The van der Waals surface area contributed by atoms with Gasteiger partial charge in [0.2, 0.25) is 17.8 Å². The number of aromatic nitrogens is 4. The second kappa shape index (κ2) is 19.4. The molecule has 0 bridgehead atoms. The maximum Gasteiger partial charge on any atom is 0.234 e. The van der Waals surface area contributed by atoms with Crippen LogP contribution in [0.4, 0.5) is 34.5 Å². The fourth-order valence-corrected chi connectivity index (χ4v) is 11.9. The second-order valence-corrected chi connectivity index (χ2v) is 22.0. The minimum Gasteiger partial charge on any atom is -0.494 e. The van der Waals surface area contributed by atoms with Crippen LogP contribution < -0.4 is 35.8 Å². The normalized spacial score (nSPS) is 19.7. The number of rotatable bonds is 12. The summed E-state index contributed by atoms with van der Waals surface area (Å²) in [5, 5.41) is 9.92. The summed E-state index contributed by atoms with van der Waals surface area (Å²) in [6.07, 6.45) is 11.4. The van der Waals surface area contributed by atoms with Gasteiger partial charge in [-0.3, -0.25) is 34.7 Å². The van der Waals surface area contributed by atoms with E-state index in [1.54, 1.807) is 39.0 Å². The van der Waals surface area contributed by atoms with E-state index >= 15 is 0 Å². The van der Waals surface area contributed by atoms with E-state index in [4.69, 9.17) is 9.72 Å². The first-order valence-corrected chi connectivity index (χ1v) is 26.3. The van der Waals surface area contributed by atoms with Crippen molar-refractivity contribution in [1.82, 2.24) is 35.1 Å². The number of carbonyl (C=O) groups is 2. The fourth-order valence-electron chi connectivity index (χ4n) is 10.2. The molecule has 65 heavy (non-hydrogen) atoms. The molecule has 1 unspecified atom stereocenters. The number of ether oxygens (including phenoxy) is 1. The number of nitrogens with one attached hydrogen (secondary N) is 3. The van der Waals surface area contributed by atoms with Crippen molar-refractivity contribution < 1.29 is 18.9 Å². The lowest BCUT2D eigenvalue weighted by Gasteiger charge is -2.46. The molecule has 4 aliphatic rings. The zero-order valence-electron chi connectivity index (χ0n) is 37.7. The highest BCUT2D eigenvalue weighted by Gasteiger charge is 2.33. The second-order valence-electron chi connectivity index (χ2n) is 18.0. The molecule has 5 aromatic rings. The number of anilines is 6. The van der Waals surface area contributed by atoms with Crippen LogP contribution in [0, 0.1) is 0 Å². The van der Waals surface area contributed by atoms with Gasteiger partial charge in [-0.15, -0.1) is 0 Å². The molecule has 3 N–H and O–H groups in total. The van der Waals surface area contributed by atoms with Crippen molar-refractivity contribution in [2.75, 3.05) is 93.2 Å². The van der Waals surface area contributed by atoms with Gasteiger partial charge in [-0.05, 0) is 109 Å². The van der Waals surface area contributed by atoms with E-state index in [1.807, 2.05) is 12.1 Å². The van der Waals surface area contributed by atoms with Crippen LogP contribution in [-0.2, 0) is 20.6 Å². The van der Waals surface area contributed by atoms with Gasteiger partial charge in [-0.25, -0.2) is 4.98 Å². The summed E-state index contributed by atoms with van der Waals surface area (Å²) in [4.78, 5) is 52.8. The number of benzene rings is 3. The first kappa shape index (κ1) is 45.0. The molecule has 0 radical (unpaired) electrons. The predicted molar refractivity (Wildman–Crippen MR) is 262 cm³/mol. The van der Waals surface area contributed by atoms with Crippen LogP contribution in [0.15, 0.2) is 71.6 Å². The first-order valence-electron chi connectivity index (χ1n) is 22.9. The smallest absolute Gasteiger partial charge is 0.234 e. The third-order valence-electron chi connectivity index (χ3n) is 13.7. The van der Waals surface area contributed by atoms with Crippen LogP contribution in [0.5, 0.6) is 5.75 Å². The summed E-state index contributed by atoms with van der Waals surface area (Å²) in [6, 6.07) is 17.7. The van der Waals surface area contributed by atoms with Crippen molar-refractivity contribution in [3.63, 3.8) is 0 Å². The van der Waals surface area contributed by atoms with Crippen molar-refractivity contribution in [2.45, 2.75) is 69.9 Å². The quantitative estimate of drug-likeness (QED) is 0.0847. The molecule has 1 atom stereocenters. The Morgan fingerprint density at radius 1 is 0.800 bits per heavy atom. The number of halogens is 1. The molecule has 6 heterocycles. The summed E-state index contributed by atoms with van der Waals surface area (Å²) in [5.41, 5.74) is 7.37. The van der Waals surface area contributed by atoms with Gasteiger partial charge in [0.1, 0.15) is 24.2 Å². The number of aryl methyl sites for hydroxylation is 1. The standard InChI is InChI=1S/C48H59BrN11O4P/c1-5-31-28-40(54-48-52-30-37(49)46(56-48)53-39-12-11-38-44(51-19-18-50-38)45(39)65(3,4)63)42(64-2)29-41(31)60-22-16-35(17-23-60)59-26-24-58(25-27-59)34-14-20-57(21-15-34)33-8-6-32(7-9-33)36-10-13-43(61)55-47(36)62/h6-9,11-12,18-19,28-30,34-36H,5,10,13-17,20-27H2,1-4H3,(H,55,61,62)(H2,52,53,54,56). The lowest BCUT2D eigenvalue weighted by atomic mass is 9.90. The topological polar surface area (TPSA) is 161 Å². The number of imide groups is 1. The van der Waals surface area contributed by atoms with Crippen molar-refractivity contribution in [3.05, 3.63) is 82.7 Å². The van der Waals surface area contributed by atoms with Gasteiger partial charge in [0, 0.05) is 107 Å². The number of methoxy groups -OCH3 is 1. The molecule has 2 amide bonds. The lowest BCUT2D eigenvalue weighted by molar-refractivity contribution is -0.134. The van der Waals surface area contributed by atoms with Crippen molar-refractivity contribution in [2.24, 2.45) is 0 Å². The van der Waals surface area contributed by atoms with Gasteiger partial charge in [-0.1, -0.05) is 19.1 Å². The summed E-state index contributed by atoms with van der Waals surface area (Å²) < 4.78 is 20.2. The van der Waals surface area contributed by atoms with E-state index in [0.29, 0.717) is 63.2 Å². The van der Waals surface area contributed by atoms with Crippen molar-refractivity contribution >= 4 is 85.7 Å². The molecule has 4 aliphatic heterocycles. The van der Waals surface area contributed by atoms with Gasteiger partial charge < -0.3 is 29.7 Å². The number of piperidine rings is 3. The molecule has 0 saturated carbocycles. The van der Waals surface area contributed by atoms with Crippen LogP contribution in [0.25, 0.3) is 11.0 Å². The first-order chi connectivity index (χ1) is 31.4. The number of nitrogens with zero attached hydrogens (tertiary/aromatic N) is 8. The molecule has 0 aliphatic carbocycles. The Labute approximate surface area is 389 Å². The van der Waals surface area contributed by atoms with Crippen LogP contribution in [0.3, 0.4) is 0 Å². The SMILES string of the molecule is CCc1cc(Nc2ncc(Br)c(Nc3ccc4nccnc4c3P(C)(C)=O)n2)c(OC)cc1N1CCC(N2CCN(C3CCN(c4ccc(C5CCC(=O)NC5=O)cc4)CC3)CC2)CC1. The van der Waals surface area contributed by atoms with E-state index in [0.717, 1.165) is 101 Å². The zero-order valence-corrected chi connectivity index (χ0v) is 40.2. The van der Waals surface area contributed by atoms with Gasteiger partial charge >= 0.3 is 0 Å². The molecule has 0 spiro atoms. The number of fused-ring (bicyclic) bond motifs is 1. The minimum absolute atomic E-state index is 0.174. The van der Waals surface area contributed by atoms with Gasteiger partial charge in [0.05, 0.1) is 39.7 Å². The highest BCUT2D eigenvalue weighted by molar-refractivity contribution is 9.10. The molecular weight excluding hydrogens is 905 g/mol. The average molecular weight is 965 g/mol. The highest BCUT2D eigenvalue weighted by Crippen LogP contribution is 2.42. The Bertz CT molecular complexity index is 2590. The number of piperazine rings is 1. The third kappa shape index (κ3) is 9.87. The molecular formula is C48H59BrN11O4P. The van der Waals surface area contributed by atoms with E-state index in [1.165, 1.54) is 16.9 Å². The molecule has 3 aromatic carbocycles. The van der Waals surface area contributed by atoms with Gasteiger partial charge in [0.25, 0.3) is 0 Å². The van der Waals surface area contributed by atoms with Crippen LogP contribution in [0.1, 0.15) is 62.5 Å². The lowest BCUT2D eigenvalue weighted by Crippen LogP contribution is -2.56. The molecule has 342 valence electrons. The highest BCUT2D eigenvalue weighted by atomic mass is 79.9. The maximum absolute atomic E-state index is 13.5. The Kier molecular flexibility index (Phi) is 13.4. The minimum atomic E-state index is -2.77. The predicted octanol–water partition coefficient (Wildman–Crippen LogP) is 7.26.